The molecule has 22 heavy (non-hydrogen) atoms. The molecule has 0 saturated heterocycles. The van der Waals surface area contributed by atoms with Gasteiger partial charge in [0.2, 0.25) is 0 Å². The molecule has 4 unspecified atom stereocenters. The van der Waals surface area contributed by atoms with E-state index in [0.717, 1.165) is 28.1 Å². The van der Waals surface area contributed by atoms with Gasteiger partial charge in [-0.2, -0.15) is 0 Å². The van der Waals surface area contributed by atoms with Gasteiger partial charge in [-0.1, -0.05) is 0 Å². The lowest BCUT2D eigenvalue weighted by Gasteiger charge is -2.12. The van der Waals surface area contributed by atoms with Crippen molar-refractivity contribution in [2.45, 2.75) is 38.3 Å². The first-order chi connectivity index (χ1) is 10.0. The zero-order valence-electron chi connectivity index (χ0n) is 12.5. The molecule has 4 N–H and O–H groups in total. The summed E-state index contributed by atoms with van der Waals surface area (Å²) in [6.45, 7) is 2.22. The number of hydrogen-bond acceptors (Lipinski definition) is 10. The highest BCUT2D eigenvalue weighted by atomic mass is 16.6. The highest BCUT2D eigenvalue weighted by molar-refractivity contribution is 5.90. The fraction of sp³-hybridized carbons (Fsp3) is 0.667. The van der Waals surface area contributed by atoms with E-state index in [0.29, 0.717) is 0 Å². The normalized spacial score (nSPS) is 15.3. The molecule has 128 valence electrons. The van der Waals surface area contributed by atoms with E-state index in [-0.39, 0.29) is 0 Å². The zero-order chi connectivity index (χ0) is 18.0. The van der Waals surface area contributed by atoms with Gasteiger partial charge in [-0.3, -0.25) is 9.59 Å². The fourth-order valence-corrected chi connectivity index (χ4v) is 0.944. The number of esters is 2. The monoisotopic (exact) mass is 324 g/mol. The van der Waals surface area contributed by atoms with Gasteiger partial charge in [0.15, 0.2) is 23.8 Å². The maximum atomic E-state index is 10.5. The number of rotatable bonds is 6. The Balaban J connectivity index is 0. The van der Waals surface area contributed by atoms with Crippen LogP contribution in [0.4, 0.5) is 0 Å². The summed E-state index contributed by atoms with van der Waals surface area (Å²) in [5.74, 6) is -3.40. The molecule has 0 bridgehead atoms. The number of carbonyl (C=O) groups is 4. The number of Topliss-reactive ketones (excluding diaryl/α,β-unsaturated/α-hetero) is 2. The number of aliphatic hydroxyl groups is 4. The predicted octanol–water partition coefficient (Wildman–Crippen LogP) is -3.06. The molecule has 0 heterocycles. The minimum atomic E-state index is -1.90. The molecule has 0 rings (SSSR count). The molecule has 0 aliphatic rings. The van der Waals surface area contributed by atoms with E-state index in [4.69, 9.17) is 20.4 Å². The molecule has 4 atom stereocenters. The molecule has 0 aromatic rings. The van der Waals surface area contributed by atoms with Gasteiger partial charge in [0, 0.05) is 0 Å². The van der Waals surface area contributed by atoms with E-state index in [1.807, 2.05) is 0 Å². The van der Waals surface area contributed by atoms with E-state index in [1.165, 1.54) is 0 Å². The Kier molecular flexibility index (Phi) is 11.0. The van der Waals surface area contributed by atoms with Gasteiger partial charge in [0.1, 0.15) is 12.2 Å². The lowest BCUT2D eigenvalue weighted by Crippen LogP contribution is -2.40. The fourth-order valence-electron chi connectivity index (χ4n) is 0.944. The molecule has 10 nitrogen and oxygen atoms in total. The van der Waals surface area contributed by atoms with Crippen molar-refractivity contribution in [3.8, 4) is 0 Å². The zero-order valence-corrected chi connectivity index (χ0v) is 12.5. The Hall–Kier alpha value is -1.88. The van der Waals surface area contributed by atoms with Crippen molar-refractivity contribution in [2.75, 3.05) is 14.2 Å². The minimum Gasteiger partial charge on any atom is -0.467 e. The molecule has 0 aliphatic heterocycles. The second-order valence-corrected chi connectivity index (χ2v) is 4.05. The van der Waals surface area contributed by atoms with Crippen LogP contribution in [0, 0.1) is 0 Å². The first-order valence-electron chi connectivity index (χ1n) is 5.90. The molecule has 0 aromatic heterocycles. The molecule has 0 spiro atoms. The van der Waals surface area contributed by atoms with Gasteiger partial charge >= 0.3 is 11.9 Å². The number of ketones is 2. The minimum absolute atomic E-state index is 0.609. The van der Waals surface area contributed by atoms with Crippen LogP contribution in [-0.4, -0.2) is 82.6 Å². The van der Waals surface area contributed by atoms with Gasteiger partial charge in [-0.15, -0.1) is 0 Å². The van der Waals surface area contributed by atoms with E-state index in [2.05, 4.69) is 9.47 Å². The van der Waals surface area contributed by atoms with E-state index >= 15 is 0 Å². The second kappa shape index (κ2) is 10.8. The number of carbonyl (C=O) groups excluding carboxylic acids is 4. The summed E-state index contributed by atoms with van der Waals surface area (Å²) < 4.78 is 8.14. The first kappa shape index (κ1) is 22.4. The Morgan fingerprint density at radius 2 is 0.864 bits per heavy atom. The predicted molar refractivity (Wildman–Crippen MR) is 69.4 cm³/mol. The summed E-state index contributed by atoms with van der Waals surface area (Å²) in [5, 5.41) is 35.2. The number of ether oxygens (including phenoxy) is 2. The molecule has 10 heteroatoms. The molecular formula is C12H20O10. The van der Waals surface area contributed by atoms with Crippen LogP contribution >= 0.6 is 0 Å². The summed E-state index contributed by atoms with van der Waals surface area (Å²) in [6.07, 6.45) is -6.94. The summed E-state index contributed by atoms with van der Waals surface area (Å²) in [4.78, 5) is 41.7. The van der Waals surface area contributed by atoms with Gasteiger partial charge in [0.25, 0.3) is 0 Å². The molecule has 0 aliphatic carbocycles. The van der Waals surface area contributed by atoms with Crippen molar-refractivity contribution in [1.29, 1.82) is 0 Å². The van der Waals surface area contributed by atoms with Crippen LogP contribution in [0.25, 0.3) is 0 Å². The average molecular weight is 324 g/mol. The summed E-state index contributed by atoms with van der Waals surface area (Å²) in [5.41, 5.74) is 0. The summed E-state index contributed by atoms with van der Waals surface area (Å²) >= 11 is 0. The highest BCUT2D eigenvalue weighted by Gasteiger charge is 2.31. The van der Waals surface area contributed by atoms with Crippen molar-refractivity contribution in [3.05, 3.63) is 0 Å². The van der Waals surface area contributed by atoms with Crippen molar-refractivity contribution in [3.63, 3.8) is 0 Å². The molecule has 0 fully saturated rings. The van der Waals surface area contributed by atoms with Crippen molar-refractivity contribution >= 4 is 23.5 Å². The Morgan fingerprint density at radius 3 is 1.00 bits per heavy atom. The lowest BCUT2D eigenvalue weighted by molar-refractivity contribution is -0.169. The van der Waals surface area contributed by atoms with Gasteiger partial charge in [0.05, 0.1) is 14.2 Å². The van der Waals surface area contributed by atoms with Crippen LogP contribution in [-0.2, 0) is 28.7 Å². The number of methoxy groups -OCH3 is 2. The lowest BCUT2D eigenvalue weighted by atomic mass is 10.1. The van der Waals surface area contributed by atoms with Crippen LogP contribution in [0.5, 0.6) is 0 Å². The molecule has 0 amide bonds. The largest absolute Gasteiger partial charge is 0.467 e. The number of hydrogen-bond donors (Lipinski definition) is 4. The summed E-state index contributed by atoms with van der Waals surface area (Å²) in [7, 11) is 2.05. The maximum Gasteiger partial charge on any atom is 0.338 e. The first-order valence-corrected chi connectivity index (χ1v) is 5.90. The van der Waals surface area contributed by atoms with Crippen LogP contribution in [0.15, 0.2) is 0 Å². The Bertz CT molecular complexity index is 367. The second-order valence-electron chi connectivity index (χ2n) is 4.05. The van der Waals surface area contributed by atoms with Gasteiger partial charge in [-0.25, -0.2) is 9.59 Å². The third kappa shape index (κ3) is 7.78. The Morgan fingerprint density at radius 1 is 0.636 bits per heavy atom. The SMILES string of the molecule is CC(=O)C(O)C(O)C(C)=O.COC(=O)C(O)C(O)C(=O)OC. The Labute approximate surface area is 126 Å². The van der Waals surface area contributed by atoms with Crippen molar-refractivity contribution in [2.24, 2.45) is 0 Å². The van der Waals surface area contributed by atoms with Gasteiger partial charge < -0.3 is 29.9 Å². The van der Waals surface area contributed by atoms with E-state index in [1.54, 1.807) is 0 Å². The van der Waals surface area contributed by atoms with Crippen molar-refractivity contribution < 1.29 is 49.1 Å². The van der Waals surface area contributed by atoms with Crippen LogP contribution < -0.4 is 0 Å². The summed E-state index contributed by atoms with van der Waals surface area (Å²) in [6, 6.07) is 0. The van der Waals surface area contributed by atoms with Crippen LogP contribution in [0.1, 0.15) is 13.8 Å². The molecule has 0 radical (unpaired) electrons. The standard InChI is InChI=1S/C6H10O6.C6H10O4/c1-11-5(9)3(7)4(8)6(10)12-2;1-3(7)5(9)6(10)4(2)8/h3-4,7-8H,1-2H3;5-6,9-10H,1-2H3. The van der Waals surface area contributed by atoms with Crippen LogP contribution in [0.3, 0.4) is 0 Å². The smallest absolute Gasteiger partial charge is 0.338 e. The number of aliphatic hydroxyl groups excluding tert-OH is 4. The van der Waals surface area contributed by atoms with E-state index in [9.17, 15) is 19.2 Å². The van der Waals surface area contributed by atoms with Gasteiger partial charge in [-0.05, 0) is 13.8 Å². The molecular weight excluding hydrogens is 304 g/mol. The quantitative estimate of drug-likeness (QED) is 0.368. The molecule has 0 saturated carbocycles. The maximum absolute atomic E-state index is 10.5. The third-order valence-corrected chi connectivity index (χ3v) is 2.32. The highest BCUT2D eigenvalue weighted by Crippen LogP contribution is 1.98. The van der Waals surface area contributed by atoms with Crippen LogP contribution in [0.2, 0.25) is 0 Å². The topological polar surface area (TPSA) is 168 Å². The van der Waals surface area contributed by atoms with Crippen molar-refractivity contribution in [1.82, 2.24) is 0 Å². The van der Waals surface area contributed by atoms with E-state index < -0.39 is 47.9 Å². The average Bonchev–Trinajstić information content (AvgIpc) is 2.50. The molecule has 0 aromatic carbocycles. The third-order valence-electron chi connectivity index (χ3n) is 2.32.